The number of para-hydroxylation sites is 1. The van der Waals surface area contributed by atoms with Crippen molar-refractivity contribution in [3.05, 3.63) is 102 Å². The fourth-order valence-electron chi connectivity index (χ4n) is 4.48. The zero-order valence-electron chi connectivity index (χ0n) is 18.6. The Kier molecular flexibility index (Phi) is 6.44. The van der Waals surface area contributed by atoms with Crippen LogP contribution >= 0.6 is 0 Å². The largest absolute Gasteiger partial charge is 0.339 e. The number of anilines is 1. The summed E-state index contributed by atoms with van der Waals surface area (Å²) >= 11 is 0. The molecule has 0 spiro atoms. The van der Waals surface area contributed by atoms with Crippen molar-refractivity contribution in [3.63, 3.8) is 0 Å². The second kappa shape index (κ2) is 9.97. The fourth-order valence-corrected chi connectivity index (χ4v) is 4.48. The number of hydrogen-bond acceptors (Lipinski definition) is 5. The lowest BCUT2D eigenvalue weighted by molar-refractivity contribution is -0.122. The Balaban J connectivity index is 1.38. The highest BCUT2D eigenvalue weighted by Crippen LogP contribution is 2.33. The zero-order chi connectivity index (χ0) is 23.3. The van der Waals surface area contributed by atoms with E-state index in [2.05, 4.69) is 20.4 Å². The molecule has 6 nitrogen and oxygen atoms in total. The maximum atomic E-state index is 13.6. The molecule has 34 heavy (non-hydrogen) atoms. The van der Waals surface area contributed by atoms with Gasteiger partial charge in [-0.2, -0.15) is 4.98 Å². The molecule has 2 heterocycles. The van der Waals surface area contributed by atoms with E-state index in [4.69, 9.17) is 4.52 Å². The van der Waals surface area contributed by atoms with Crippen LogP contribution in [-0.2, 0) is 4.79 Å². The molecule has 1 amide bonds. The number of hydrogen-bond donors (Lipinski definition) is 1. The Bertz CT molecular complexity index is 1250. The molecule has 1 aromatic heterocycles. The number of nitrogens with one attached hydrogen (secondary N) is 1. The normalized spacial score (nSPS) is 17.3. The molecular weight excluding hydrogens is 431 g/mol. The Morgan fingerprint density at radius 2 is 1.79 bits per heavy atom. The quantitative estimate of drug-likeness (QED) is 0.419. The Morgan fingerprint density at radius 3 is 2.56 bits per heavy atom. The van der Waals surface area contributed by atoms with Crippen molar-refractivity contribution < 1.29 is 13.7 Å². The van der Waals surface area contributed by atoms with Crippen LogP contribution in [0.5, 0.6) is 0 Å². The number of aromatic nitrogens is 2. The number of benzene rings is 3. The molecule has 3 aromatic carbocycles. The maximum absolute atomic E-state index is 13.6. The van der Waals surface area contributed by atoms with Crippen molar-refractivity contribution in [2.45, 2.75) is 24.8 Å². The van der Waals surface area contributed by atoms with Crippen molar-refractivity contribution in [2.24, 2.45) is 0 Å². The number of piperidine rings is 1. The summed E-state index contributed by atoms with van der Waals surface area (Å²) in [6.45, 7) is 1.38. The van der Waals surface area contributed by atoms with E-state index in [1.807, 2.05) is 60.7 Å². The number of carbonyl (C=O) groups excluding carboxylic acids is 1. The predicted molar refractivity (Wildman–Crippen MR) is 127 cm³/mol. The van der Waals surface area contributed by atoms with E-state index in [1.54, 1.807) is 12.1 Å². The molecule has 172 valence electrons. The summed E-state index contributed by atoms with van der Waals surface area (Å²) < 4.78 is 19.2. The number of likely N-dealkylation sites (tertiary alicyclic amines) is 1. The molecule has 1 fully saturated rings. The van der Waals surface area contributed by atoms with Gasteiger partial charge in [-0.3, -0.25) is 9.69 Å². The van der Waals surface area contributed by atoms with Crippen LogP contribution in [0.25, 0.3) is 11.4 Å². The molecule has 1 saturated heterocycles. The van der Waals surface area contributed by atoms with Gasteiger partial charge >= 0.3 is 0 Å². The van der Waals surface area contributed by atoms with Crippen LogP contribution in [0, 0.1) is 5.82 Å². The summed E-state index contributed by atoms with van der Waals surface area (Å²) in [6.07, 6.45) is 1.77. The first-order valence-electron chi connectivity index (χ1n) is 11.4. The van der Waals surface area contributed by atoms with Gasteiger partial charge in [0, 0.05) is 17.8 Å². The topological polar surface area (TPSA) is 71.3 Å². The van der Waals surface area contributed by atoms with Crippen molar-refractivity contribution in [2.75, 3.05) is 18.4 Å². The first kappa shape index (κ1) is 22.0. The molecule has 0 aliphatic carbocycles. The molecule has 1 N–H and O–H groups in total. The van der Waals surface area contributed by atoms with Gasteiger partial charge in [-0.1, -0.05) is 65.8 Å². The minimum Gasteiger partial charge on any atom is -0.339 e. The molecule has 1 aliphatic rings. The third-order valence-corrected chi connectivity index (χ3v) is 6.10. The first-order valence-corrected chi connectivity index (χ1v) is 11.4. The van der Waals surface area contributed by atoms with E-state index in [1.165, 1.54) is 12.1 Å². The van der Waals surface area contributed by atoms with Gasteiger partial charge in [-0.15, -0.1) is 0 Å². The monoisotopic (exact) mass is 456 g/mol. The Morgan fingerprint density at radius 1 is 1.03 bits per heavy atom. The lowest BCUT2D eigenvalue weighted by Crippen LogP contribution is -2.42. The van der Waals surface area contributed by atoms with Crippen LogP contribution < -0.4 is 5.32 Å². The van der Waals surface area contributed by atoms with Crippen LogP contribution in [0.2, 0.25) is 0 Å². The van der Waals surface area contributed by atoms with Crippen molar-refractivity contribution in [3.8, 4) is 11.4 Å². The molecule has 4 aromatic rings. The summed E-state index contributed by atoms with van der Waals surface area (Å²) in [4.78, 5) is 20.2. The smallest absolute Gasteiger partial charge is 0.246 e. The average molecular weight is 457 g/mol. The van der Waals surface area contributed by atoms with E-state index in [0.29, 0.717) is 23.8 Å². The van der Waals surface area contributed by atoms with Gasteiger partial charge < -0.3 is 9.84 Å². The van der Waals surface area contributed by atoms with Gasteiger partial charge in [0.2, 0.25) is 17.6 Å². The van der Waals surface area contributed by atoms with Gasteiger partial charge in [0.05, 0.1) is 5.92 Å². The number of carbonyl (C=O) groups is 1. The highest BCUT2D eigenvalue weighted by Gasteiger charge is 2.34. The predicted octanol–water partition coefficient (Wildman–Crippen LogP) is 5.44. The molecule has 2 atom stereocenters. The van der Waals surface area contributed by atoms with Crippen LogP contribution in [0.1, 0.15) is 36.3 Å². The van der Waals surface area contributed by atoms with Gasteiger partial charge in [0.1, 0.15) is 11.9 Å². The van der Waals surface area contributed by atoms with E-state index < -0.39 is 6.04 Å². The van der Waals surface area contributed by atoms with E-state index >= 15 is 0 Å². The summed E-state index contributed by atoms with van der Waals surface area (Å²) in [5.74, 6) is 0.443. The number of nitrogens with zero attached hydrogens (tertiary/aromatic N) is 3. The Labute approximate surface area is 197 Å². The standard InChI is InChI=1S/C27H25FN4O2/c28-22-13-7-11-20(17-22)25-30-27(34-31-25)21-12-8-16-32(18-21)24(19-9-3-1-4-10-19)26(33)29-23-14-5-2-6-15-23/h1-7,9-11,13-15,17,21,24H,8,12,16,18H2,(H,29,33). The molecule has 0 saturated carbocycles. The van der Waals surface area contributed by atoms with Gasteiger partial charge in [-0.25, -0.2) is 4.39 Å². The maximum Gasteiger partial charge on any atom is 0.246 e. The summed E-state index contributed by atoms with van der Waals surface area (Å²) in [6, 6.07) is 25.0. The summed E-state index contributed by atoms with van der Waals surface area (Å²) in [7, 11) is 0. The van der Waals surface area contributed by atoms with Crippen molar-refractivity contribution >= 4 is 11.6 Å². The first-order chi connectivity index (χ1) is 16.7. The number of halogens is 1. The van der Waals surface area contributed by atoms with Crippen molar-refractivity contribution in [1.29, 1.82) is 0 Å². The number of amides is 1. The third kappa shape index (κ3) is 4.89. The zero-order valence-corrected chi connectivity index (χ0v) is 18.6. The van der Waals surface area contributed by atoms with Crippen LogP contribution in [0.4, 0.5) is 10.1 Å². The van der Waals surface area contributed by atoms with Crippen LogP contribution in [0.15, 0.2) is 89.5 Å². The summed E-state index contributed by atoms with van der Waals surface area (Å²) in [5.41, 5.74) is 2.27. The molecule has 7 heteroatoms. The molecule has 0 radical (unpaired) electrons. The van der Waals surface area contributed by atoms with Crippen LogP contribution in [-0.4, -0.2) is 34.0 Å². The molecular formula is C27H25FN4O2. The minimum atomic E-state index is -0.449. The fraction of sp³-hybridized carbons (Fsp3) is 0.222. The number of rotatable bonds is 6. The summed E-state index contributed by atoms with van der Waals surface area (Å²) in [5, 5.41) is 7.13. The SMILES string of the molecule is O=C(Nc1ccccc1)C(c1ccccc1)N1CCCC(c2nc(-c3cccc(F)c3)no2)C1. The van der Waals surface area contributed by atoms with Gasteiger partial charge in [0.25, 0.3) is 0 Å². The van der Waals surface area contributed by atoms with E-state index in [9.17, 15) is 9.18 Å². The second-order valence-corrected chi connectivity index (χ2v) is 8.47. The van der Waals surface area contributed by atoms with Crippen molar-refractivity contribution in [1.82, 2.24) is 15.0 Å². The third-order valence-electron chi connectivity index (χ3n) is 6.10. The highest BCUT2D eigenvalue weighted by atomic mass is 19.1. The van der Waals surface area contributed by atoms with E-state index in [0.717, 1.165) is 30.6 Å². The second-order valence-electron chi connectivity index (χ2n) is 8.47. The average Bonchev–Trinajstić information content (AvgIpc) is 3.36. The van der Waals surface area contributed by atoms with Crippen LogP contribution in [0.3, 0.4) is 0 Å². The minimum absolute atomic E-state index is 0.0145. The molecule has 1 aliphatic heterocycles. The van der Waals surface area contributed by atoms with Gasteiger partial charge in [0.15, 0.2) is 0 Å². The lowest BCUT2D eigenvalue weighted by Gasteiger charge is -2.36. The highest BCUT2D eigenvalue weighted by molar-refractivity contribution is 5.95. The van der Waals surface area contributed by atoms with E-state index in [-0.39, 0.29) is 17.6 Å². The lowest BCUT2D eigenvalue weighted by atomic mass is 9.94. The van der Waals surface area contributed by atoms with Gasteiger partial charge in [-0.05, 0) is 49.2 Å². The molecule has 2 unspecified atom stereocenters. The Hall–Kier alpha value is -3.84. The molecule has 0 bridgehead atoms. The molecule has 5 rings (SSSR count).